The molecule has 1 aromatic rings. The van der Waals surface area contributed by atoms with Gasteiger partial charge in [0.05, 0.1) is 19.3 Å². The first-order valence-electron chi connectivity index (χ1n) is 6.26. The Balaban J connectivity index is 1.93. The van der Waals surface area contributed by atoms with Crippen molar-refractivity contribution in [2.45, 2.75) is 12.5 Å². The summed E-state index contributed by atoms with van der Waals surface area (Å²) in [6.07, 6.45) is 1.08. The van der Waals surface area contributed by atoms with Crippen molar-refractivity contribution in [3.8, 4) is 0 Å². The van der Waals surface area contributed by atoms with E-state index in [9.17, 15) is 4.79 Å². The van der Waals surface area contributed by atoms with Crippen molar-refractivity contribution in [1.29, 1.82) is 0 Å². The molecule has 1 aliphatic rings. The van der Waals surface area contributed by atoms with E-state index in [1.807, 2.05) is 11.0 Å². The van der Waals surface area contributed by atoms with E-state index in [1.165, 1.54) is 6.07 Å². The van der Waals surface area contributed by atoms with Crippen LogP contribution >= 0.6 is 0 Å². The van der Waals surface area contributed by atoms with Gasteiger partial charge in [0, 0.05) is 20.2 Å². The van der Waals surface area contributed by atoms with Crippen LogP contribution in [0, 0.1) is 0 Å². The Bertz CT molecular complexity index is 438. The Morgan fingerprint density at radius 1 is 1.53 bits per heavy atom. The largest absolute Gasteiger partial charge is 0.477 e. The summed E-state index contributed by atoms with van der Waals surface area (Å²) in [5, 5.41) is 8.93. The minimum absolute atomic E-state index is 0.0706. The van der Waals surface area contributed by atoms with Gasteiger partial charge in [0.1, 0.15) is 5.82 Å². The molecule has 1 fully saturated rings. The Morgan fingerprint density at radius 2 is 2.37 bits per heavy atom. The van der Waals surface area contributed by atoms with E-state index in [-0.39, 0.29) is 11.8 Å². The molecule has 0 spiro atoms. The molecule has 0 aliphatic carbocycles. The van der Waals surface area contributed by atoms with Crippen molar-refractivity contribution >= 4 is 11.8 Å². The highest BCUT2D eigenvalue weighted by Crippen LogP contribution is 2.20. The van der Waals surface area contributed by atoms with Crippen LogP contribution in [-0.2, 0) is 9.47 Å². The summed E-state index contributed by atoms with van der Waals surface area (Å²) in [6, 6.07) is 5.03. The Kier molecular flexibility index (Phi) is 4.70. The molecule has 1 N–H and O–H groups in total. The van der Waals surface area contributed by atoms with Gasteiger partial charge in [0.2, 0.25) is 0 Å². The number of carbonyl (C=O) groups is 1. The molecule has 2 heterocycles. The van der Waals surface area contributed by atoms with Gasteiger partial charge in [-0.05, 0) is 18.6 Å². The molecule has 0 saturated carbocycles. The quantitative estimate of drug-likeness (QED) is 0.775. The van der Waals surface area contributed by atoms with Gasteiger partial charge in [-0.1, -0.05) is 6.07 Å². The lowest BCUT2D eigenvalue weighted by Crippen LogP contribution is -2.25. The van der Waals surface area contributed by atoms with Gasteiger partial charge >= 0.3 is 5.97 Å². The lowest BCUT2D eigenvalue weighted by molar-refractivity contribution is 0.0280. The number of aromatic carboxylic acids is 1. The minimum atomic E-state index is -1.01. The van der Waals surface area contributed by atoms with E-state index in [2.05, 4.69) is 4.98 Å². The monoisotopic (exact) mass is 266 g/mol. The maximum atomic E-state index is 10.9. The zero-order chi connectivity index (χ0) is 13.7. The number of hydrogen-bond acceptors (Lipinski definition) is 5. The smallest absolute Gasteiger partial charge is 0.354 e. The molecule has 0 bridgehead atoms. The Labute approximate surface area is 112 Å². The number of hydrogen-bond donors (Lipinski definition) is 1. The van der Waals surface area contributed by atoms with Gasteiger partial charge in [-0.3, -0.25) is 0 Å². The zero-order valence-corrected chi connectivity index (χ0v) is 10.9. The number of carboxylic acid groups (broad SMARTS) is 1. The highest BCUT2D eigenvalue weighted by atomic mass is 16.5. The number of ether oxygens (including phenoxy) is 2. The molecule has 1 unspecified atom stereocenters. The van der Waals surface area contributed by atoms with Gasteiger partial charge in [-0.2, -0.15) is 0 Å². The Hall–Kier alpha value is -1.66. The molecule has 6 nitrogen and oxygen atoms in total. The van der Waals surface area contributed by atoms with Crippen LogP contribution < -0.4 is 4.90 Å². The van der Waals surface area contributed by atoms with Crippen molar-refractivity contribution in [1.82, 2.24) is 4.98 Å². The molecule has 1 saturated heterocycles. The third-order valence-electron chi connectivity index (χ3n) is 3.06. The molecule has 0 radical (unpaired) electrons. The van der Waals surface area contributed by atoms with E-state index < -0.39 is 5.97 Å². The lowest BCUT2D eigenvalue weighted by Gasteiger charge is -2.17. The van der Waals surface area contributed by atoms with Crippen LogP contribution in [0.1, 0.15) is 16.9 Å². The second-order valence-corrected chi connectivity index (χ2v) is 4.41. The number of pyridine rings is 1. The van der Waals surface area contributed by atoms with E-state index in [0.717, 1.165) is 19.5 Å². The van der Waals surface area contributed by atoms with Gasteiger partial charge in [-0.15, -0.1) is 0 Å². The number of nitrogens with zero attached hydrogens (tertiary/aromatic N) is 2. The number of aromatic nitrogens is 1. The van der Waals surface area contributed by atoms with Crippen LogP contribution in [0.2, 0.25) is 0 Å². The highest BCUT2D eigenvalue weighted by molar-refractivity contribution is 5.85. The van der Waals surface area contributed by atoms with Crippen LogP contribution in [-0.4, -0.2) is 55.6 Å². The fourth-order valence-electron chi connectivity index (χ4n) is 2.09. The van der Waals surface area contributed by atoms with E-state index >= 15 is 0 Å². The summed E-state index contributed by atoms with van der Waals surface area (Å²) in [7, 11) is 1.64. The minimum Gasteiger partial charge on any atom is -0.477 e. The first-order valence-corrected chi connectivity index (χ1v) is 6.26. The van der Waals surface area contributed by atoms with Crippen molar-refractivity contribution in [2.24, 2.45) is 0 Å². The average molecular weight is 266 g/mol. The summed E-state index contributed by atoms with van der Waals surface area (Å²) in [6.45, 7) is 2.73. The van der Waals surface area contributed by atoms with Gasteiger partial charge in [-0.25, -0.2) is 9.78 Å². The third kappa shape index (κ3) is 3.65. The molecule has 1 aliphatic heterocycles. The number of carboxylic acids is 1. The summed E-state index contributed by atoms with van der Waals surface area (Å²) >= 11 is 0. The predicted octanol–water partition coefficient (Wildman–Crippen LogP) is 1.02. The number of methoxy groups -OCH3 is 1. The normalized spacial score (nSPS) is 18.8. The molecular formula is C13H18N2O4. The molecule has 6 heteroatoms. The first-order chi connectivity index (χ1) is 9.20. The second kappa shape index (κ2) is 6.49. The molecular weight excluding hydrogens is 248 g/mol. The van der Waals surface area contributed by atoms with Gasteiger partial charge in [0.15, 0.2) is 5.69 Å². The second-order valence-electron chi connectivity index (χ2n) is 4.41. The maximum Gasteiger partial charge on any atom is 0.354 e. The number of anilines is 1. The SMILES string of the molecule is COCCOC1CCN(c2cccc(C(=O)O)n2)C1. The molecule has 1 aromatic heterocycles. The topological polar surface area (TPSA) is 71.9 Å². The van der Waals surface area contributed by atoms with Crippen molar-refractivity contribution in [2.75, 3.05) is 38.3 Å². The molecule has 0 amide bonds. The van der Waals surface area contributed by atoms with Crippen molar-refractivity contribution in [3.05, 3.63) is 23.9 Å². The molecule has 1 atom stereocenters. The summed E-state index contributed by atoms with van der Waals surface area (Å²) in [5.41, 5.74) is 0.0706. The summed E-state index contributed by atoms with van der Waals surface area (Å²) < 4.78 is 10.6. The van der Waals surface area contributed by atoms with Crippen LogP contribution in [0.15, 0.2) is 18.2 Å². The fourth-order valence-corrected chi connectivity index (χ4v) is 2.09. The predicted molar refractivity (Wildman–Crippen MR) is 69.6 cm³/mol. The van der Waals surface area contributed by atoms with Crippen molar-refractivity contribution in [3.63, 3.8) is 0 Å². The molecule has 2 rings (SSSR count). The molecule has 104 valence electrons. The lowest BCUT2D eigenvalue weighted by atomic mass is 10.3. The van der Waals surface area contributed by atoms with Crippen LogP contribution in [0.4, 0.5) is 5.82 Å². The zero-order valence-electron chi connectivity index (χ0n) is 10.9. The van der Waals surface area contributed by atoms with Crippen LogP contribution in [0.5, 0.6) is 0 Å². The molecule has 0 aromatic carbocycles. The summed E-state index contributed by atoms with van der Waals surface area (Å²) in [4.78, 5) is 17.1. The fraction of sp³-hybridized carbons (Fsp3) is 0.538. The average Bonchev–Trinajstić information content (AvgIpc) is 2.88. The van der Waals surface area contributed by atoms with Crippen molar-refractivity contribution < 1.29 is 19.4 Å². The first kappa shape index (κ1) is 13.8. The number of rotatable bonds is 6. The maximum absolute atomic E-state index is 10.9. The standard InChI is InChI=1S/C13H18N2O4/c1-18-7-8-19-10-5-6-15(9-10)12-4-2-3-11(14-12)13(16)17/h2-4,10H,5-9H2,1H3,(H,16,17). The van der Waals surface area contributed by atoms with E-state index in [0.29, 0.717) is 19.0 Å². The van der Waals surface area contributed by atoms with Gasteiger partial charge in [0.25, 0.3) is 0 Å². The molecule has 19 heavy (non-hydrogen) atoms. The Morgan fingerprint density at radius 3 is 3.11 bits per heavy atom. The van der Waals surface area contributed by atoms with E-state index in [4.69, 9.17) is 14.6 Å². The van der Waals surface area contributed by atoms with Crippen LogP contribution in [0.25, 0.3) is 0 Å². The van der Waals surface area contributed by atoms with Gasteiger partial charge < -0.3 is 19.5 Å². The highest BCUT2D eigenvalue weighted by Gasteiger charge is 2.24. The third-order valence-corrected chi connectivity index (χ3v) is 3.06. The van der Waals surface area contributed by atoms with E-state index in [1.54, 1.807) is 13.2 Å². The van der Waals surface area contributed by atoms with Crippen LogP contribution in [0.3, 0.4) is 0 Å². The summed E-state index contributed by atoms with van der Waals surface area (Å²) in [5.74, 6) is -0.313.